The van der Waals surface area contributed by atoms with E-state index in [1.807, 2.05) is 32.9 Å². The molecule has 0 aliphatic heterocycles. The molecule has 0 aliphatic carbocycles. The fourth-order valence-electron chi connectivity index (χ4n) is 3.13. The summed E-state index contributed by atoms with van der Waals surface area (Å²) < 4.78 is 1.06. The zero-order valence-electron chi connectivity index (χ0n) is 15.6. The molecule has 25 heavy (non-hydrogen) atoms. The molecule has 0 aliphatic rings. The van der Waals surface area contributed by atoms with Crippen molar-refractivity contribution in [3.63, 3.8) is 0 Å². The van der Waals surface area contributed by atoms with Gasteiger partial charge in [-0.2, -0.15) is 0 Å². The third-order valence-corrected chi connectivity index (χ3v) is 4.98. The van der Waals surface area contributed by atoms with Gasteiger partial charge < -0.3 is 5.32 Å². The first-order valence-electron chi connectivity index (χ1n) is 8.72. The summed E-state index contributed by atoms with van der Waals surface area (Å²) in [6, 6.07) is 12.3. The second kappa shape index (κ2) is 8.63. The van der Waals surface area contributed by atoms with Crippen LogP contribution in [-0.2, 0) is 4.79 Å². The maximum Gasteiger partial charge on any atom is 0.241 e. The topological polar surface area (TPSA) is 41.1 Å². The second-order valence-corrected chi connectivity index (χ2v) is 7.58. The minimum Gasteiger partial charge on any atom is -0.324 e. The van der Waals surface area contributed by atoms with Crippen molar-refractivity contribution in [3.8, 4) is 0 Å². The number of halogens is 1. The molecule has 0 heterocycles. The number of aryl methyl sites for hydroxylation is 3. The molecule has 2 aromatic rings. The SMILES string of the molecule is CC[C@H](N[C@H](C)C(=O)Nc1c(C)cc(C)cc1C)c1ccc(Br)cc1. The first-order valence-corrected chi connectivity index (χ1v) is 9.51. The third kappa shape index (κ3) is 5.16. The predicted molar refractivity (Wildman–Crippen MR) is 109 cm³/mol. The Morgan fingerprint density at radius 2 is 1.64 bits per heavy atom. The van der Waals surface area contributed by atoms with Crippen LogP contribution in [0.2, 0.25) is 0 Å². The van der Waals surface area contributed by atoms with Gasteiger partial charge in [0.05, 0.1) is 6.04 Å². The Morgan fingerprint density at radius 1 is 1.08 bits per heavy atom. The van der Waals surface area contributed by atoms with Gasteiger partial charge in [0.2, 0.25) is 5.91 Å². The van der Waals surface area contributed by atoms with Crippen LogP contribution >= 0.6 is 15.9 Å². The largest absolute Gasteiger partial charge is 0.324 e. The Hall–Kier alpha value is -1.65. The maximum atomic E-state index is 12.7. The van der Waals surface area contributed by atoms with Crippen LogP contribution in [0.3, 0.4) is 0 Å². The van der Waals surface area contributed by atoms with Crippen LogP contribution in [-0.4, -0.2) is 11.9 Å². The minimum atomic E-state index is -0.284. The van der Waals surface area contributed by atoms with Crippen molar-refractivity contribution in [3.05, 3.63) is 63.1 Å². The van der Waals surface area contributed by atoms with Gasteiger partial charge >= 0.3 is 0 Å². The number of hydrogen-bond donors (Lipinski definition) is 2. The molecule has 0 radical (unpaired) electrons. The Balaban J connectivity index is 2.08. The van der Waals surface area contributed by atoms with Gasteiger partial charge in [-0.25, -0.2) is 0 Å². The monoisotopic (exact) mass is 402 g/mol. The van der Waals surface area contributed by atoms with E-state index in [1.54, 1.807) is 0 Å². The average Bonchev–Trinajstić information content (AvgIpc) is 2.56. The third-order valence-electron chi connectivity index (χ3n) is 4.45. The molecule has 3 nitrogen and oxygen atoms in total. The van der Waals surface area contributed by atoms with E-state index in [1.165, 1.54) is 11.1 Å². The van der Waals surface area contributed by atoms with Gasteiger partial charge in [0.15, 0.2) is 0 Å². The highest BCUT2D eigenvalue weighted by Crippen LogP contribution is 2.23. The van der Waals surface area contributed by atoms with E-state index >= 15 is 0 Å². The summed E-state index contributed by atoms with van der Waals surface area (Å²) >= 11 is 3.46. The summed E-state index contributed by atoms with van der Waals surface area (Å²) in [5.74, 6) is -0.00869. The van der Waals surface area contributed by atoms with Crippen molar-refractivity contribution in [1.29, 1.82) is 0 Å². The summed E-state index contributed by atoms with van der Waals surface area (Å²) in [5, 5.41) is 6.53. The molecule has 2 N–H and O–H groups in total. The van der Waals surface area contributed by atoms with E-state index in [0.29, 0.717) is 0 Å². The molecule has 0 spiro atoms. The van der Waals surface area contributed by atoms with Crippen molar-refractivity contribution in [2.24, 2.45) is 0 Å². The fraction of sp³-hybridized carbons (Fsp3) is 0.381. The van der Waals surface area contributed by atoms with Gasteiger partial charge in [-0.3, -0.25) is 10.1 Å². The van der Waals surface area contributed by atoms with E-state index in [4.69, 9.17) is 0 Å². The molecular formula is C21H27BrN2O. The van der Waals surface area contributed by atoms with Crippen LogP contribution in [0.4, 0.5) is 5.69 Å². The van der Waals surface area contributed by atoms with Gasteiger partial charge in [-0.1, -0.05) is 52.7 Å². The molecule has 0 fully saturated rings. The smallest absolute Gasteiger partial charge is 0.241 e. The molecule has 2 atom stereocenters. The van der Waals surface area contributed by atoms with Crippen LogP contribution < -0.4 is 10.6 Å². The molecule has 0 bridgehead atoms. The normalized spacial score (nSPS) is 13.4. The molecule has 2 aromatic carbocycles. The number of carbonyl (C=O) groups is 1. The molecule has 0 aromatic heterocycles. The second-order valence-electron chi connectivity index (χ2n) is 6.66. The zero-order chi connectivity index (χ0) is 18.6. The van der Waals surface area contributed by atoms with E-state index in [9.17, 15) is 4.79 Å². The highest BCUT2D eigenvalue weighted by atomic mass is 79.9. The summed E-state index contributed by atoms with van der Waals surface area (Å²) in [5.41, 5.74) is 5.51. The molecular weight excluding hydrogens is 376 g/mol. The van der Waals surface area contributed by atoms with E-state index < -0.39 is 0 Å². The molecule has 0 unspecified atom stereocenters. The summed E-state index contributed by atoms with van der Waals surface area (Å²) in [4.78, 5) is 12.7. The number of anilines is 1. The summed E-state index contributed by atoms with van der Waals surface area (Å²) in [7, 11) is 0. The fourth-order valence-corrected chi connectivity index (χ4v) is 3.40. The van der Waals surface area contributed by atoms with Gasteiger partial charge in [0, 0.05) is 16.2 Å². The molecule has 2 rings (SSSR count). The average molecular weight is 403 g/mol. The summed E-state index contributed by atoms with van der Waals surface area (Å²) in [6.45, 7) is 10.2. The van der Waals surface area contributed by atoms with Gasteiger partial charge in [-0.05, 0) is 62.9 Å². The van der Waals surface area contributed by atoms with Crippen LogP contribution in [0, 0.1) is 20.8 Å². The number of carbonyl (C=O) groups excluding carboxylic acids is 1. The number of hydrogen-bond acceptors (Lipinski definition) is 2. The standard InChI is InChI=1S/C21H27BrN2O/c1-6-19(17-7-9-18(22)10-8-17)23-16(5)21(25)24-20-14(3)11-13(2)12-15(20)4/h7-12,16,19,23H,6H2,1-5H3,(H,24,25)/t16-,19+/m1/s1. The molecule has 4 heteroatoms. The van der Waals surface area contributed by atoms with Crippen molar-refractivity contribution in [2.45, 2.75) is 53.1 Å². The van der Waals surface area contributed by atoms with E-state index in [0.717, 1.165) is 27.7 Å². The van der Waals surface area contributed by atoms with Gasteiger partial charge in [0.25, 0.3) is 0 Å². The Labute approximate surface area is 159 Å². The zero-order valence-corrected chi connectivity index (χ0v) is 17.2. The van der Waals surface area contributed by atoms with E-state index in [-0.39, 0.29) is 18.0 Å². The Kier molecular flexibility index (Phi) is 6.79. The van der Waals surface area contributed by atoms with Crippen LogP contribution in [0.25, 0.3) is 0 Å². The lowest BCUT2D eigenvalue weighted by Crippen LogP contribution is -2.40. The van der Waals surface area contributed by atoms with Gasteiger partial charge in [0.1, 0.15) is 0 Å². The van der Waals surface area contributed by atoms with Crippen molar-refractivity contribution >= 4 is 27.5 Å². The quantitative estimate of drug-likeness (QED) is 0.674. The lowest BCUT2D eigenvalue weighted by Gasteiger charge is -2.23. The minimum absolute atomic E-state index is 0.00869. The van der Waals surface area contributed by atoms with Crippen molar-refractivity contribution in [1.82, 2.24) is 5.32 Å². The Bertz CT molecular complexity index is 717. The Morgan fingerprint density at radius 3 is 2.16 bits per heavy atom. The van der Waals surface area contributed by atoms with Crippen molar-refractivity contribution < 1.29 is 4.79 Å². The summed E-state index contributed by atoms with van der Waals surface area (Å²) in [6.07, 6.45) is 0.918. The number of rotatable bonds is 6. The highest BCUT2D eigenvalue weighted by molar-refractivity contribution is 9.10. The lowest BCUT2D eigenvalue weighted by atomic mass is 10.0. The van der Waals surface area contributed by atoms with Crippen LogP contribution in [0.15, 0.2) is 40.9 Å². The number of benzene rings is 2. The molecule has 0 saturated carbocycles. The first kappa shape index (κ1) is 19.7. The number of nitrogens with one attached hydrogen (secondary N) is 2. The van der Waals surface area contributed by atoms with Crippen LogP contribution in [0.1, 0.15) is 48.6 Å². The predicted octanol–water partition coefficient (Wildman–Crippen LogP) is 5.44. The maximum absolute atomic E-state index is 12.7. The highest BCUT2D eigenvalue weighted by Gasteiger charge is 2.19. The molecule has 1 amide bonds. The van der Waals surface area contributed by atoms with E-state index in [2.05, 4.69) is 64.7 Å². The van der Waals surface area contributed by atoms with Crippen LogP contribution in [0.5, 0.6) is 0 Å². The first-order chi connectivity index (χ1) is 11.8. The molecule has 0 saturated heterocycles. The lowest BCUT2D eigenvalue weighted by molar-refractivity contribution is -0.118. The van der Waals surface area contributed by atoms with Crippen molar-refractivity contribution in [2.75, 3.05) is 5.32 Å². The number of amides is 1. The van der Waals surface area contributed by atoms with Gasteiger partial charge in [-0.15, -0.1) is 0 Å². The molecule has 134 valence electrons.